The van der Waals surface area contributed by atoms with Crippen molar-refractivity contribution in [3.8, 4) is 0 Å². The van der Waals surface area contributed by atoms with Gasteiger partial charge in [-0.05, 0) is 25.5 Å². The van der Waals surface area contributed by atoms with Crippen molar-refractivity contribution in [1.82, 2.24) is 9.88 Å². The second-order valence-corrected chi connectivity index (χ2v) is 4.85. The third-order valence-electron chi connectivity index (χ3n) is 3.76. The zero-order valence-electron chi connectivity index (χ0n) is 11.2. The second kappa shape index (κ2) is 5.96. The van der Waals surface area contributed by atoms with E-state index in [0.717, 1.165) is 38.3 Å². The average Bonchev–Trinajstić information content (AvgIpc) is 2.47. The van der Waals surface area contributed by atoms with Crippen LogP contribution in [0.15, 0.2) is 18.3 Å². The van der Waals surface area contributed by atoms with E-state index >= 15 is 0 Å². The number of piperazine rings is 1. The Balaban J connectivity index is 1.94. The topological polar surface area (TPSA) is 36.4 Å². The maximum absolute atomic E-state index is 10.6. The highest BCUT2D eigenvalue weighted by Crippen LogP contribution is 2.15. The molecule has 1 unspecified atom stereocenters. The van der Waals surface area contributed by atoms with Gasteiger partial charge in [-0.2, -0.15) is 0 Å². The molecule has 1 atom stereocenters. The summed E-state index contributed by atoms with van der Waals surface area (Å²) in [4.78, 5) is 19.7. The number of anilines is 1. The van der Waals surface area contributed by atoms with Crippen LogP contribution >= 0.6 is 0 Å². The highest BCUT2D eigenvalue weighted by atomic mass is 16.1. The number of hydrogen-bond donors (Lipinski definition) is 0. The van der Waals surface area contributed by atoms with E-state index in [-0.39, 0.29) is 0 Å². The summed E-state index contributed by atoms with van der Waals surface area (Å²) in [5.74, 6) is 0.976. The predicted octanol–water partition coefficient (Wildman–Crippen LogP) is 1.81. The zero-order chi connectivity index (χ0) is 13.0. The van der Waals surface area contributed by atoms with Crippen LogP contribution in [0.1, 0.15) is 30.6 Å². The van der Waals surface area contributed by atoms with E-state index in [1.807, 2.05) is 12.1 Å². The first kappa shape index (κ1) is 13.0. The fraction of sp³-hybridized carbons (Fsp3) is 0.571. The number of hydrogen-bond acceptors (Lipinski definition) is 4. The van der Waals surface area contributed by atoms with Gasteiger partial charge >= 0.3 is 0 Å². The van der Waals surface area contributed by atoms with Gasteiger partial charge in [-0.3, -0.25) is 9.69 Å². The summed E-state index contributed by atoms with van der Waals surface area (Å²) in [6.07, 6.45) is 3.67. The molecule has 1 fully saturated rings. The van der Waals surface area contributed by atoms with Crippen LogP contribution in [0, 0.1) is 0 Å². The van der Waals surface area contributed by atoms with Crippen molar-refractivity contribution in [3.05, 3.63) is 23.9 Å². The molecule has 2 rings (SSSR count). The molecular weight excluding hydrogens is 226 g/mol. The quantitative estimate of drug-likeness (QED) is 0.760. The molecule has 18 heavy (non-hydrogen) atoms. The van der Waals surface area contributed by atoms with Gasteiger partial charge in [0.15, 0.2) is 6.29 Å². The van der Waals surface area contributed by atoms with Crippen LogP contribution in [-0.2, 0) is 0 Å². The van der Waals surface area contributed by atoms with Crippen molar-refractivity contribution in [2.24, 2.45) is 0 Å². The van der Waals surface area contributed by atoms with Crippen molar-refractivity contribution in [3.63, 3.8) is 0 Å². The van der Waals surface area contributed by atoms with E-state index in [1.54, 1.807) is 6.20 Å². The zero-order valence-corrected chi connectivity index (χ0v) is 11.2. The molecule has 0 bridgehead atoms. The number of rotatable bonds is 4. The monoisotopic (exact) mass is 247 g/mol. The minimum Gasteiger partial charge on any atom is -0.354 e. The Hall–Kier alpha value is -1.42. The van der Waals surface area contributed by atoms with Crippen LogP contribution < -0.4 is 4.90 Å². The molecule has 4 nitrogen and oxygen atoms in total. The lowest BCUT2D eigenvalue weighted by Crippen LogP contribution is -2.49. The number of carbonyl (C=O) groups excluding carboxylic acids is 1. The molecule has 0 aromatic carbocycles. The summed E-state index contributed by atoms with van der Waals surface area (Å²) in [7, 11) is 0. The second-order valence-electron chi connectivity index (χ2n) is 4.85. The molecule has 0 N–H and O–H groups in total. The summed E-state index contributed by atoms with van der Waals surface area (Å²) in [5, 5.41) is 0. The van der Waals surface area contributed by atoms with Crippen LogP contribution in [0.5, 0.6) is 0 Å². The Morgan fingerprint density at radius 3 is 2.56 bits per heavy atom. The Morgan fingerprint density at radius 1 is 1.33 bits per heavy atom. The van der Waals surface area contributed by atoms with E-state index in [1.165, 1.54) is 6.42 Å². The number of carbonyl (C=O) groups is 1. The smallest absolute Gasteiger partial charge is 0.151 e. The molecule has 0 spiro atoms. The SMILES string of the molecule is CCC(C)N1CCN(c2ccc(C=O)cn2)CC1. The van der Waals surface area contributed by atoms with Crippen LogP contribution in [0.3, 0.4) is 0 Å². The van der Waals surface area contributed by atoms with E-state index < -0.39 is 0 Å². The van der Waals surface area contributed by atoms with E-state index in [0.29, 0.717) is 11.6 Å². The van der Waals surface area contributed by atoms with E-state index in [2.05, 4.69) is 28.6 Å². The van der Waals surface area contributed by atoms with Gasteiger partial charge in [-0.1, -0.05) is 6.92 Å². The minimum absolute atomic E-state index is 0.636. The van der Waals surface area contributed by atoms with Crippen LogP contribution in [0.2, 0.25) is 0 Å². The predicted molar refractivity (Wildman–Crippen MR) is 73.2 cm³/mol. The van der Waals surface area contributed by atoms with Crippen LogP contribution in [0.4, 0.5) is 5.82 Å². The lowest BCUT2D eigenvalue weighted by atomic mass is 10.2. The molecule has 1 saturated heterocycles. The molecule has 98 valence electrons. The van der Waals surface area contributed by atoms with Gasteiger partial charge in [0, 0.05) is 44.0 Å². The first-order chi connectivity index (χ1) is 8.74. The molecule has 0 amide bonds. The van der Waals surface area contributed by atoms with Gasteiger partial charge in [0.1, 0.15) is 5.82 Å². The summed E-state index contributed by atoms with van der Waals surface area (Å²) in [6, 6.07) is 4.43. The Kier molecular flexibility index (Phi) is 4.31. The van der Waals surface area contributed by atoms with Crippen molar-refractivity contribution in [2.75, 3.05) is 31.1 Å². The van der Waals surface area contributed by atoms with Crippen LogP contribution in [0.25, 0.3) is 0 Å². The largest absolute Gasteiger partial charge is 0.354 e. The average molecular weight is 247 g/mol. The maximum atomic E-state index is 10.6. The van der Waals surface area contributed by atoms with Crippen LogP contribution in [-0.4, -0.2) is 48.4 Å². The molecule has 2 heterocycles. The molecule has 0 radical (unpaired) electrons. The van der Waals surface area contributed by atoms with Gasteiger partial charge < -0.3 is 4.90 Å². The lowest BCUT2D eigenvalue weighted by molar-refractivity contribution is 0.112. The number of aldehydes is 1. The third kappa shape index (κ3) is 2.88. The van der Waals surface area contributed by atoms with Gasteiger partial charge in [0.05, 0.1) is 0 Å². The molecular formula is C14H21N3O. The van der Waals surface area contributed by atoms with Crippen molar-refractivity contribution in [2.45, 2.75) is 26.3 Å². The number of pyridine rings is 1. The first-order valence-corrected chi connectivity index (χ1v) is 6.64. The highest BCUT2D eigenvalue weighted by Gasteiger charge is 2.20. The van der Waals surface area contributed by atoms with E-state index in [4.69, 9.17) is 0 Å². The number of nitrogens with zero attached hydrogens (tertiary/aromatic N) is 3. The van der Waals surface area contributed by atoms with Gasteiger partial charge in [-0.15, -0.1) is 0 Å². The number of aromatic nitrogens is 1. The fourth-order valence-corrected chi connectivity index (χ4v) is 2.30. The highest BCUT2D eigenvalue weighted by molar-refractivity contribution is 5.74. The molecule has 0 aliphatic carbocycles. The molecule has 1 aliphatic rings. The summed E-state index contributed by atoms with van der Waals surface area (Å²) in [5.41, 5.74) is 0.636. The van der Waals surface area contributed by atoms with Gasteiger partial charge in [-0.25, -0.2) is 4.98 Å². The molecule has 4 heteroatoms. The molecule has 1 aromatic heterocycles. The summed E-state index contributed by atoms with van der Waals surface area (Å²) >= 11 is 0. The Bertz CT molecular complexity index is 383. The molecule has 1 aliphatic heterocycles. The summed E-state index contributed by atoms with van der Waals surface area (Å²) in [6.45, 7) is 8.72. The molecule has 0 saturated carbocycles. The standard InChI is InChI=1S/C14H21N3O/c1-3-12(2)16-6-8-17(9-7-16)14-5-4-13(11-18)10-15-14/h4-5,10-12H,3,6-9H2,1-2H3. The third-order valence-corrected chi connectivity index (χ3v) is 3.76. The normalized spacial score (nSPS) is 18.7. The lowest BCUT2D eigenvalue weighted by Gasteiger charge is -2.38. The van der Waals surface area contributed by atoms with Gasteiger partial charge in [0.2, 0.25) is 0 Å². The van der Waals surface area contributed by atoms with Gasteiger partial charge in [0.25, 0.3) is 0 Å². The van der Waals surface area contributed by atoms with Crippen molar-refractivity contribution >= 4 is 12.1 Å². The van der Waals surface area contributed by atoms with E-state index in [9.17, 15) is 4.79 Å². The Morgan fingerprint density at radius 2 is 2.06 bits per heavy atom. The maximum Gasteiger partial charge on any atom is 0.151 e. The van der Waals surface area contributed by atoms with Crippen molar-refractivity contribution in [1.29, 1.82) is 0 Å². The first-order valence-electron chi connectivity index (χ1n) is 6.64. The Labute approximate surface area is 109 Å². The fourth-order valence-electron chi connectivity index (χ4n) is 2.30. The minimum atomic E-state index is 0.636. The molecule has 1 aromatic rings. The summed E-state index contributed by atoms with van der Waals surface area (Å²) < 4.78 is 0. The van der Waals surface area contributed by atoms with Crippen molar-refractivity contribution < 1.29 is 4.79 Å².